The number of carboxylic acid groups (broad SMARTS) is 1. The third-order valence-electron chi connectivity index (χ3n) is 5.38. The van der Waals surface area contributed by atoms with E-state index in [4.69, 9.17) is 16.3 Å². The molecule has 138 valence electrons. The number of fused-ring (bicyclic) bond motifs is 3. The Morgan fingerprint density at radius 3 is 2.59 bits per heavy atom. The van der Waals surface area contributed by atoms with Gasteiger partial charge in [0.1, 0.15) is 0 Å². The van der Waals surface area contributed by atoms with Crippen LogP contribution in [0.3, 0.4) is 0 Å². The third-order valence-corrected chi connectivity index (χ3v) is 5.69. The predicted octanol–water partition coefficient (Wildman–Crippen LogP) is 3.32. The molecule has 1 aliphatic carbocycles. The molecular formula is C21H17ClNO4-. The van der Waals surface area contributed by atoms with Crippen molar-refractivity contribution in [2.75, 3.05) is 12.4 Å². The summed E-state index contributed by atoms with van der Waals surface area (Å²) in [5.41, 5.74) is 3.19. The van der Waals surface area contributed by atoms with Gasteiger partial charge < -0.3 is 20.0 Å². The molecule has 2 aromatic rings. The van der Waals surface area contributed by atoms with Crippen LogP contribution in [0.2, 0.25) is 5.02 Å². The maximum absolute atomic E-state index is 12.3. The highest BCUT2D eigenvalue weighted by Gasteiger charge is 2.40. The molecule has 0 spiro atoms. The van der Waals surface area contributed by atoms with Crippen LogP contribution in [0.5, 0.6) is 0 Å². The zero-order valence-corrected chi connectivity index (χ0v) is 15.3. The first kappa shape index (κ1) is 17.6. The van der Waals surface area contributed by atoms with Crippen LogP contribution < -0.4 is 10.4 Å². The topological polar surface area (TPSA) is 78.5 Å². The number of rotatable bonds is 3. The van der Waals surface area contributed by atoms with Crippen molar-refractivity contribution in [2.24, 2.45) is 5.92 Å². The Hall–Kier alpha value is -2.79. The number of methoxy groups -OCH3 is 1. The van der Waals surface area contributed by atoms with Crippen molar-refractivity contribution in [3.05, 3.63) is 75.8 Å². The molecule has 2 aromatic carbocycles. The number of carbonyl (C=O) groups is 2. The van der Waals surface area contributed by atoms with Gasteiger partial charge in [-0.1, -0.05) is 48.0 Å². The first-order valence-electron chi connectivity index (χ1n) is 8.66. The molecule has 2 aliphatic rings. The smallest absolute Gasteiger partial charge is 0.338 e. The van der Waals surface area contributed by atoms with Crippen LogP contribution >= 0.6 is 11.6 Å². The van der Waals surface area contributed by atoms with E-state index in [1.807, 2.05) is 0 Å². The first-order chi connectivity index (χ1) is 13.0. The second-order valence-electron chi connectivity index (χ2n) is 6.76. The van der Waals surface area contributed by atoms with Gasteiger partial charge in [0.15, 0.2) is 0 Å². The molecule has 1 N–H and O–H groups in total. The van der Waals surface area contributed by atoms with Gasteiger partial charge in [-0.05, 0) is 41.2 Å². The minimum atomic E-state index is -1.20. The van der Waals surface area contributed by atoms with Crippen molar-refractivity contribution in [3.63, 3.8) is 0 Å². The molecule has 3 atom stereocenters. The molecule has 1 heterocycles. The van der Waals surface area contributed by atoms with E-state index in [9.17, 15) is 14.7 Å². The summed E-state index contributed by atoms with van der Waals surface area (Å²) in [7, 11) is 1.36. The zero-order chi connectivity index (χ0) is 19.1. The Morgan fingerprint density at radius 2 is 1.93 bits per heavy atom. The van der Waals surface area contributed by atoms with Crippen LogP contribution in [-0.4, -0.2) is 19.0 Å². The van der Waals surface area contributed by atoms with E-state index in [0.717, 1.165) is 23.2 Å². The molecule has 27 heavy (non-hydrogen) atoms. The summed E-state index contributed by atoms with van der Waals surface area (Å²) >= 11 is 6.45. The lowest BCUT2D eigenvalue weighted by Crippen LogP contribution is -2.31. The molecule has 0 aromatic heterocycles. The predicted molar refractivity (Wildman–Crippen MR) is 99.9 cm³/mol. The number of hydrogen-bond donors (Lipinski definition) is 1. The highest BCUT2D eigenvalue weighted by Crippen LogP contribution is 2.52. The maximum Gasteiger partial charge on any atom is 0.338 e. The molecule has 1 aliphatic heterocycles. The zero-order valence-electron chi connectivity index (χ0n) is 14.6. The number of aromatic carboxylic acids is 1. The largest absolute Gasteiger partial charge is 0.545 e. The highest BCUT2D eigenvalue weighted by molar-refractivity contribution is 6.33. The van der Waals surface area contributed by atoms with Gasteiger partial charge in [-0.25, -0.2) is 4.79 Å². The van der Waals surface area contributed by atoms with Crippen molar-refractivity contribution >= 4 is 29.2 Å². The van der Waals surface area contributed by atoms with Crippen LogP contribution in [-0.2, 0) is 4.74 Å². The summed E-state index contributed by atoms with van der Waals surface area (Å²) in [4.78, 5) is 23.3. The van der Waals surface area contributed by atoms with Gasteiger partial charge in [-0.2, -0.15) is 0 Å². The van der Waals surface area contributed by atoms with Crippen molar-refractivity contribution in [3.8, 4) is 0 Å². The molecule has 0 radical (unpaired) electrons. The summed E-state index contributed by atoms with van der Waals surface area (Å²) in [6, 6.07) is 10.0. The van der Waals surface area contributed by atoms with Crippen LogP contribution in [0, 0.1) is 5.92 Å². The quantitative estimate of drug-likeness (QED) is 0.650. The van der Waals surface area contributed by atoms with E-state index >= 15 is 0 Å². The summed E-state index contributed by atoms with van der Waals surface area (Å²) in [5, 5.41) is 15.0. The second kappa shape index (κ2) is 6.74. The molecule has 0 saturated heterocycles. The number of hydrogen-bond acceptors (Lipinski definition) is 5. The number of ether oxygens (including phenoxy) is 1. The Labute approximate surface area is 161 Å². The van der Waals surface area contributed by atoms with E-state index < -0.39 is 5.97 Å². The third kappa shape index (κ3) is 2.88. The standard InChI is InChI=1S/C21H18ClNO4/c1-27-21(26)15-9-10-16(22)19-17(15)13-3-2-4-14(13)18(23-19)11-5-7-12(8-6-11)20(24)25/h2-3,5-10,13-14,18,23H,4H2,1H3,(H,24,25)/p-1/t13-,14+,18-/m0/s1. The average Bonchev–Trinajstić information content (AvgIpc) is 3.17. The monoisotopic (exact) mass is 382 g/mol. The molecule has 6 heteroatoms. The van der Waals surface area contributed by atoms with Gasteiger partial charge in [-0.15, -0.1) is 0 Å². The van der Waals surface area contributed by atoms with E-state index in [1.165, 1.54) is 7.11 Å². The van der Waals surface area contributed by atoms with Crippen molar-refractivity contribution < 1.29 is 19.4 Å². The van der Waals surface area contributed by atoms with E-state index in [2.05, 4.69) is 17.5 Å². The first-order valence-corrected chi connectivity index (χ1v) is 9.04. The van der Waals surface area contributed by atoms with Crippen molar-refractivity contribution in [1.82, 2.24) is 0 Å². The van der Waals surface area contributed by atoms with Gasteiger partial charge in [-0.3, -0.25) is 0 Å². The number of carbonyl (C=O) groups excluding carboxylic acids is 2. The molecule has 0 amide bonds. The van der Waals surface area contributed by atoms with E-state index in [0.29, 0.717) is 10.6 Å². The van der Waals surface area contributed by atoms with Crippen molar-refractivity contribution in [2.45, 2.75) is 18.4 Å². The lowest BCUT2D eigenvalue weighted by Gasteiger charge is -2.38. The normalized spacial score (nSPS) is 22.5. The van der Waals surface area contributed by atoms with E-state index in [1.54, 1.807) is 36.4 Å². The minimum Gasteiger partial charge on any atom is -0.545 e. The highest BCUT2D eigenvalue weighted by atomic mass is 35.5. The van der Waals surface area contributed by atoms with Crippen molar-refractivity contribution in [1.29, 1.82) is 0 Å². The number of nitrogens with one attached hydrogen (secondary N) is 1. The summed E-state index contributed by atoms with van der Waals surface area (Å²) < 4.78 is 4.94. The van der Waals surface area contributed by atoms with Crippen LogP contribution in [0.1, 0.15) is 50.2 Å². The summed E-state index contributed by atoms with van der Waals surface area (Å²) in [5.74, 6) is -1.37. The number of esters is 1. The number of anilines is 1. The molecule has 0 saturated carbocycles. The molecule has 5 nitrogen and oxygen atoms in total. The molecule has 4 rings (SSSR count). The second-order valence-corrected chi connectivity index (χ2v) is 7.17. The van der Waals surface area contributed by atoms with Gasteiger partial charge >= 0.3 is 5.97 Å². The number of halogens is 1. The molecule has 0 fully saturated rings. The fourth-order valence-corrected chi connectivity index (χ4v) is 4.34. The minimum absolute atomic E-state index is 0.0277. The van der Waals surface area contributed by atoms with Gasteiger partial charge in [0.25, 0.3) is 0 Å². The van der Waals surface area contributed by atoms with Crippen LogP contribution in [0.15, 0.2) is 48.6 Å². The lowest BCUT2D eigenvalue weighted by atomic mass is 9.75. The average molecular weight is 383 g/mol. The fraction of sp³-hybridized carbons (Fsp3) is 0.238. The van der Waals surface area contributed by atoms with Gasteiger partial charge in [0, 0.05) is 5.92 Å². The SMILES string of the molecule is COC(=O)c1ccc(Cl)c2c1[C@H]1C=CC[C@H]1[C@H](c1ccc(C(=O)[O-])cc1)N2. The maximum atomic E-state index is 12.3. The fourth-order valence-electron chi connectivity index (χ4n) is 4.12. The van der Waals surface area contributed by atoms with E-state index in [-0.39, 0.29) is 29.4 Å². The van der Waals surface area contributed by atoms with Gasteiger partial charge in [0.05, 0.1) is 35.4 Å². The molecular weight excluding hydrogens is 366 g/mol. The molecule has 0 bridgehead atoms. The Morgan fingerprint density at radius 1 is 1.19 bits per heavy atom. The lowest BCUT2D eigenvalue weighted by molar-refractivity contribution is -0.255. The Bertz CT molecular complexity index is 951. The van der Waals surface area contributed by atoms with Crippen LogP contribution in [0.4, 0.5) is 5.69 Å². The number of carboxylic acids is 1. The van der Waals surface area contributed by atoms with Crippen LogP contribution in [0.25, 0.3) is 0 Å². The Kier molecular flexibility index (Phi) is 4.40. The number of benzene rings is 2. The summed E-state index contributed by atoms with van der Waals surface area (Å²) in [6.45, 7) is 0. The molecule has 0 unspecified atom stereocenters. The Balaban J connectivity index is 1.80. The summed E-state index contributed by atoms with van der Waals surface area (Å²) in [6.07, 6.45) is 5.06. The number of allylic oxidation sites excluding steroid dienone is 2. The van der Waals surface area contributed by atoms with Gasteiger partial charge in [0.2, 0.25) is 0 Å².